The van der Waals surface area contributed by atoms with Gasteiger partial charge >= 0.3 is 0 Å². The van der Waals surface area contributed by atoms with Crippen LogP contribution < -0.4 is 14.8 Å². The molecule has 0 heterocycles. The summed E-state index contributed by atoms with van der Waals surface area (Å²) in [6, 6.07) is 12.3. The number of hydrogen-bond donors (Lipinski definition) is 1. The number of benzene rings is 2. The summed E-state index contributed by atoms with van der Waals surface area (Å²) in [7, 11) is 2.05. The molecule has 0 radical (unpaired) electrons. The average Bonchev–Trinajstić information content (AvgIpc) is 2.59. The summed E-state index contributed by atoms with van der Waals surface area (Å²) < 4.78 is 21.9. The minimum atomic E-state index is -1.10. The zero-order chi connectivity index (χ0) is 17.5. The van der Waals surface area contributed by atoms with E-state index in [2.05, 4.69) is 5.32 Å². The number of methoxy groups -OCH3 is 2. The smallest absolute Gasteiger partial charge is 0.248 e. The predicted octanol–water partition coefficient (Wildman–Crippen LogP) is 3.09. The Kier molecular flexibility index (Phi) is 6.14. The Bertz CT molecular complexity index is 786. The van der Waals surface area contributed by atoms with E-state index in [4.69, 9.17) is 9.47 Å². The van der Waals surface area contributed by atoms with E-state index in [1.165, 1.54) is 6.08 Å². The van der Waals surface area contributed by atoms with Crippen molar-refractivity contribution in [3.63, 3.8) is 0 Å². The standard InChI is InChI=1S/C18H19NO4S/c1-22-15-8-9-17(23-2)13(11-15)7-10-18(20)19-14-5-4-6-16(12-14)24(3)21/h4-12H,1-3H3,(H,19,20). The molecule has 1 amide bonds. The van der Waals surface area contributed by atoms with Crippen molar-refractivity contribution in [3.8, 4) is 11.5 Å². The highest BCUT2D eigenvalue weighted by Gasteiger charge is 2.04. The number of ether oxygens (including phenoxy) is 2. The quantitative estimate of drug-likeness (QED) is 0.817. The fraction of sp³-hybridized carbons (Fsp3) is 0.167. The third-order valence-electron chi connectivity index (χ3n) is 3.28. The van der Waals surface area contributed by atoms with Crippen LogP contribution in [0.4, 0.5) is 5.69 Å². The van der Waals surface area contributed by atoms with Gasteiger partial charge in [-0.1, -0.05) is 6.07 Å². The molecule has 126 valence electrons. The molecule has 1 atom stereocenters. The largest absolute Gasteiger partial charge is 0.497 e. The molecule has 0 saturated heterocycles. The SMILES string of the molecule is COc1ccc(OC)c(C=CC(=O)Nc2cccc(S(C)=O)c2)c1. The number of carbonyl (C=O) groups is 1. The predicted molar refractivity (Wildman–Crippen MR) is 96.0 cm³/mol. The summed E-state index contributed by atoms with van der Waals surface area (Å²) in [4.78, 5) is 12.7. The van der Waals surface area contributed by atoms with Crippen molar-refractivity contribution in [2.45, 2.75) is 4.90 Å². The zero-order valence-corrected chi connectivity index (χ0v) is 14.6. The molecule has 0 aliphatic heterocycles. The van der Waals surface area contributed by atoms with Gasteiger partial charge in [0.05, 0.1) is 14.2 Å². The second kappa shape index (κ2) is 8.31. The number of anilines is 1. The molecule has 5 nitrogen and oxygen atoms in total. The van der Waals surface area contributed by atoms with Crippen LogP contribution in [0.25, 0.3) is 6.08 Å². The monoisotopic (exact) mass is 345 g/mol. The van der Waals surface area contributed by atoms with Crippen molar-refractivity contribution in [2.24, 2.45) is 0 Å². The molecule has 0 bridgehead atoms. The molecule has 0 saturated carbocycles. The maximum absolute atomic E-state index is 12.1. The summed E-state index contributed by atoms with van der Waals surface area (Å²) in [5.41, 5.74) is 1.32. The fourth-order valence-corrected chi connectivity index (χ4v) is 2.63. The van der Waals surface area contributed by atoms with Crippen LogP contribution in [0.5, 0.6) is 11.5 Å². The maximum atomic E-state index is 12.1. The van der Waals surface area contributed by atoms with Crippen LogP contribution in [0.15, 0.2) is 53.4 Å². The van der Waals surface area contributed by atoms with Crippen LogP contribution in [0.1, 0.15) is 5.56 Å². The van der Waals surface area contributed by atoms with Crippen LogP contribution in [0.2, 0.25) is 0 Å². The second-order valence-electron chi connectivity index (χ2n) is 4.91. The van der Waals surface area contributed by atoms with Crippen molar-refractivity contribution < 1.29 is 18.5 Å². The third-order valence-corrected chi connectivity index (χ3v) is 4.20. The highest BCUT2D eigenvalue weighted by Crippen LogP contribution is 2.25. The molecule has 0 spiro atoms. The van der Waals surface area contributed by atoms with Gasteiger partial charge in [0.2, 0.25) is 5.91 Å². The molecule has 2 aromatic carbocycles. The molecule has 0 aliphatic rings. The minimum Gasteiger partial charge on any atom is -0.497 e. The number of hydrogen-bond acceptors (Lipinski definition) is 4. The van der Waals surface area contributed by atoms with Gasteiger partial charge in [0.1, 0.15) is 11.5 Å². The first kappa shape index (κ1) is 17.7. The van der Waals surface area contributed by atoms with Gasteiger partial charge in [-0.2, -0.15) is 0 Å². The van der Waals surface area contributed by atoms with Crippen molar-refractivity contribution in [2.75, 3.05) is 25.8 Å². The van der Waals surface area contributed by atoms with Crippen LogP contribution in [0.3, 0.4) is 0 Å². The van der Waals surface area contributed by atoms with Gasteiger partial charge in [-0.15, -0.1) is 0 Å². The lowest BCUT2D eigenvalue weighted by molar-refractivity contribution is -0.111. The van der Waals surface area contributed by atoms with E-state index in [0.717, 1.165) is 5.56 Å². The number of nitrogens with one attached hydrogen (secondary N) is 1. The summed E-state index contributed by atoms with van der Waals surface area (Å²) in [5, 5.41) is 2.74. The van der Waals surface area contributed by atoms with Crippen molar-refractivity contribution >= 4 is 28.5 Å². The molecule has 0 aromatic heterocycles. The molecule has 0 aliphatic carbocycles. The van der Waals surface area contributed by atoms with E-state index in [1.807, 2.05) is 0 Å². The summed E-state index contributed by atoms with van der Waals surface area (Å²) in [5.74, 6) is 1.02. The first-order valence-corrected chi connectivity index (χ1v) is 8.74. The van der Waals surface area contributed by atoms with E-state index < -0.39 is 10.8 Å². The topological polar surface area (TPSA) is 64.6 Å². The van der Waals surface area contributed by atoms with Crippen LogP contribution in [-0.4, -0.2) is 30.6 Å². The summed E-state index contributed by atoms with van der Waals surface area (Å²) >= 11 is 0. The van der Waals surface area contributed by atoms with Crippen molar-refractivity contribution in [1.82, 2.24) is 0 Å². The van der Waals surface area contributed by atoms with Crippen LogP contribution >= 0.6 is 0 Å². The van der Waals surface area contributed by atoms with Crippen LogP contribution in [0, 0.1) is 0 Å². The van der Waals surface area contributed by atoms with Gasteiger partial charge in [-0.05, 0) is 42.5 Å². The molecular weight excluding hydrogens is 326 g/mol. The Hall–Kier alpha value is -2.60. The molecular formula is C18H19NO4S. The lowest BCUT2D eigenvalue weighted by Gasteiger charge is -2.07. The van der Waals surface area contributed by atoms with Gasteiger partial charge in [0.25, 0.3) is 0 Å². The number of carbonyl (C=O) groups excluding carboxylic acids is 1. The van der Waals surface area contributed by atoms with E-state index in [0.29, 0.717) is 22.1 Å². The fourth-order valence-electron chi connectivity index (χ4n) is 2.07. The Balaban J connectivity index is 2.13. The van der Waals surface area contributed by atoms with Crippen LogP contribution in [-0.2, 0) is 15.6 Å². The van der Waals surface area contributed by atoms with E-state index in [9.17, 15) is 9.00 Å². The molecule has 1 unspecified atom stereocenters. The molecule has 0 fully saturated rings. The number of amides is 1. The lowest BCUT2D eigenvalue weighted by Crippen LogP contribution is -2.08. The van der Waals surface area contributed by atoms with Gasteiger partial charge in [0, 0.05) is 39.3 Å². The Morgan fingerprint density at radius 3 is 2.58 bits per heavy atom. The lowest BCUT2D eigenvalue weighted by atomic mass is 10.1. The normalized spacial score (nSPS) is 12.0. The Labute approximate surface area is 143 Å². The third kappa shape index (κ3) is 4.70. The molecule has 2 aromatic rings. The van der Waals surface area contributed by atoms with E-state index in [-0.39, 0.29) is 5.91 Å². The highest BCUT2D eigenvalue weighted by molar-refractivity contribution is 7.84. The molecule has 1 N–H and O–H groups in total. The number of rotatable bonds is 6. The first-order chi connectivity index (χ1) is 11.5. The second-order valence-corrected chi connectivity index (χ2v) is 6.29. The van der Waals surface area contributed by atoms with Gasteiger partial charge < -0.3 is 14.8 Å². The van der Waals surface area contributed by atoms with E-state index in [1.54, 1.807) is 69.0 Å². The summed E-state index contributed by atoms with van der Waals surface area (Å²) in [6.45, 7) is 0. The molecule has 2 rings (SSSR count). The molecule has 6 heteroatoms. The van der Waals surface area contributed by atoms with Gasteiger partial charge in [0.15, 0.2) is 0 Å². The van der Waals surface area contributed by atoms with Crippen molar-refractivity contribution in [1.29, 1.82) is 0 Å². The molecule has 24 heavy (non-hydrogen) atoms. The van der Waals surface area contributed by atoms with Crippen molar-refractivity contribution in [3.05, 3.63) is 54.1 Å². The van der Waals surface area contributed by atoms with Gasteiger partial charge in [-0.3, -0.25) is 9.00 Å². The highest BCUT2D eigenvalue weighted by atomic mass is 32.2. The summed E-state index contributed by atoms with van der Waals surface area (Å²) in [6.07, 6.45) is 4.65. The van der Waals surface area contributed by atoms with E-state index >= 15 is 0 Å². The zero-order valence-electron chi connectivity index (χ0n) is 13.7. The Morgan fingerprint density at radius 1 is 1.12 bits per heavy atom. The average molecular weight is 345 g/mol. The maximum Gasteiger partial charge on any atom is 0.248 e. The first-order valence-electron chi connectivity index (χ1n) is 7.18. The minimum absolute atomic E-state index is 0.293. The Morgan fingerprint density at radius 2 is 1.92 bits per heavy atom. The van der Waals surface area contributed by atoms with Gasteiger partial charge in [-0.25, -0.2) is 0 Å².